The van der Waals surface area contributed by atoms with Gasteiger partial charge in [-0.15, -0.1) is 11.3 Å². The molecule has 1 unspecified atom stereocenters. The van der Waals surface area contributed by atoms with E-state index < -0.39 is 27.9 Å². The van der Waals surface area contributed by atoms with Gasteiger partial charge in [0.1, 0.15) is 21.3 Å². The average molecular weight is 540 g/mol. The van der Waals surface area contributed by atoms with Crippen LogP contribution in [0.3, 0.4) is 0 Å². The van der Waals surface area contributed by atoms with Crippen molar-refractivity contribution in [3.05, 3.63) is 65.6 Å². The lowest BCUT2D eigenvalue weighted by Gasteiger charge is -2.16. The molecule has 0 aliphatic heterocycles. The normalized spacial score (nSPS) is 13.2. The highest BCUT2D eigenvalue weighted by atomic mass is 32.2. The molecule has 0 saturated carbocycles. The molecule has 0 fully saturated rings. The number of halogens is 3. The fourth-order valence-electron chi connectivity index (χ4n) is 3.63. The quantitative estimate of drug-likeness (QED) is 0.318. The highest BCUT2D eigenvalue weighted by Crippen LogP contribution is 2.35. The van der Waals surface area contributed by atoms with Gasteiger partial charge in [-0.2, -0.15) is 18.3 Å². The molecule has 1 atom stereocenters. The molecule has 0 aliphatic rings. The second kappa shape index (κ2) is 9.71. The molecule has 4 aromatic rings. The highest BCUT2D eigenvalue weighted by molar-refractivity contribution is 7.91. The van der Waals surface area contributed by atoms with Crippen LogP contribution in [0.1, 0.15) is 36.8 Å². The zero-order chi connectivity index (χ0) is 26.3. The Morgan fingerprint density at radius 3 is 2.47 bits per heavy atom. The van der Waals surface area contributed by atoms with E-state index in [2.05, 4.69) is 14.8 Å². The largest absolute Gasteiger partial charge is 0.433 e. The first-order valence-corrected chi connectivity index (χ1v) is 13.2. The van der Waals surface area contributed by atoms with E-state index in [1.807, 2.05) is 38.1 Å². The predicted octanol–water partition coefficient (Wildman–Crippen LogP) is 5.52. The third-order valence-electron chi connectivity index (χ3n) is 5.44. The van der Waals surface area contributed by atoms with Crippen molar-refractivity contribution in [1.29, 1.82) is 0 Å². The number of benzene rings is 1. The second-order valence-electron chi connectivity index (χ2n) is 8.12. The van der Waals surface area contributed by atoms with Crippen LogP contribution in [0.15, 0.2) is 52.9 Å². The molecule has 192 valence electrons. The van der Waals surface area contributed by atoms with E-state index in [0.717, 1.165) is 27.6 Å². The molecule has 3 heterocycles. The molecule has 36 heavy (non-hydrogen) atoms. The van der Waals surface area contributed by atoms with Crippen molar-refractivity contribution in [3.63, 3.8) is 0 Å². The van der Waals surface area contributed by atoms with E-state index >= 15 is 0 Å². The van der Waals surface area contributed by atoms with Crippen LogP contribution in [0, 0.1) is 6.92 Å². The van der Waals surface area contributed by atoms with Gasteiger partial charge in [0.2, 0.25) is 0 Å². The number of hydrogen-bond acceptors (Lipinski definition) is 6. The summed E-state index contributed by atoms with van der Waals surface area (Å²) in [5.41, 5.74) is 0.815. The molecule has 1 N–H and O–H groups in total. The molecular weight excluding hydrogens is 515 g/mol. The number of nitrogens with zero attached hydrogens (tertiary/aromatic N) is 4. The molecule has 0 saturated heterocycles. The number of nitrogens with one attached hydrogen (secondary N) is 1. The van der Waals surface area contributed by atoms with Crippen molar-refractivity contribution < 1.29 is 26.3 Å². The zero-order valence-corrected chi connectivity index (χ0v) is 21.5. The first-order chi connectivity index (χ1) is 16.9. The lowest BCUT2D eigenvalue weighted by molar-refractivity contribution is -0.143. The summed E-state index contributed by atoms with van der Waals surface area (Å²) in [5, 5.41) is 3.88. The van der Waals surface area contributed by atoms with Gasteiger partial charge in [0.25, 0.3) is 10.0 Å². The van der Waals surface area contributed by atoms with E-state index in [1.54, 1.807) is 17.7 Å². The van der Waals surface area contributed by atoms with E-state index in [-0.39, 0.29) is 9.90 Å². The molecule has 3 aromatic heterocycles. The van der Waals surface area contributed by atoms with E-state index in [4.69, 9.17) is 4.74 Å². The summed E-state index contributed by atoms with van der Waals surface area (Å²) in [6, 6.07) is 10.8. The third-order valence-corrected chi connectivity index (χ3v) is 8.58. The molecule has 4 rings (SSSR count). The molecule has 0 spiro atoms. The van der Waals surface area contributed by atoms with Crippen LogP contribution in [0.25, 0.3) is 10.6 Å². The Bertz CT molecular complexity index is 1470. The monoisotopic (exact) mass is 539 g/mol. The summed E-state index contributed by atoms with van der Waals surface area (Å²) in [6.07, 6.45) is -3.01. The van der Waals surface area contributed by atoms with Gasteiger partial charge in [-0.1, -0.05) is 17.7 Å². The molecule has 1 aromatic carbocycles. The number of hydrogen-bond donors (Lipinski definition) is 1. The summed E-state index contributed by atoms with van der Waals surface area (Å²) in [6.45, 7) is 6.03. The Kier molecular flexibility index (Phi) is 6.99. The minimum Gasteiger partial charge on any atom is -0.426 e. The smallest absolute Gasteiger partial charge is 0.426 e. The number of ether oxygens (including phenoxy) is 1. The molecule has 8 nitrogen and oxygen atoms in total. The lowest BCUT2D eigenvalue weighted by atomic mass is 10.2. The highest BCUT2D eigenvalue weighted by Gasteiger charge is 2.35. The Morgan fingerprint density at radius 1 is 1.17 bits per heavy atom. The molecule has 0 radical (unpaired) electrons. The summed E-state index contributed by atoms with van der Waals surface area (Å²) >= 11 is 0.840. The molecule has 0 aliphatic carbocycles. The topological polar surface area (TPSA) is 91.0 Å². The Hall–Kier alpha value is -3.16. The first-order valence-electron chi connectivity index (χ1n) is 10.9. The van der Waals surface area contributed by atoms with E-state index in [9.17, 15) is 21.6 Å². The molecule has 0 amide bonds. The van der Waals surface area contributed by atoms with Crippen molar-refractivity contribution in [3.8, 4) is 22.3 Å². The Balaban J connectivity index is 1.53. The van der Waals surface area contributed by atoms with Gasteiger partial charge in [0, 0.05) is 13.6 Å². The maximum Gasteiger partial charge on any atom is 0.433 e. The number of rotatable bonds is 8. The molecular formula is C23H24F3N5O3S2. The number of aromatic nitrogens is 4. The van der Waals surface area contributed by atoms with Crippen LogP contribution in [-0.4, -0.2) is 27.7 Å². The minimum atomic E-state index is -4.56. The van der Waals surface area contributed by atoms with Crippen molar-refractivity contribution >= 4 is 21.4 Å². The molecule has 13 heteroatoms. The SMILES string of the molecule is CCn1c(C(C)NS(=O)(=O)c2ccc(-c3cc(C(F)(F)F)n(C)n3)s2)cnc1Oc1ccc(C)cc1. The number of alkyl halides is 3. The minimum absolute atomic E-state index is 0.0396. The number of aryl methyl sites for hydroxylation is 2. The second-order valence-corrected chi connectivity index (χ2v) is 11.1. The van der Waals surface area contributed by atoms with Crippen LogP contribution in [-0.2, 0) is 29.8 Å². The number of sulfonamides is 1. The van der Waals surface area contributed by atoms with Crippen molar-refractivity contribution in [2.24, 2.45) is 7.05 Å². The Labute approximate surface area is 210 Å². The van der Waals surface area contributed by atoms with Gasteiger partial charge in [-0.05, 0) is 51.1 Å². The van der Waals surface area contributed by atoms with Gasteiger partial charge in [0.05, 0.1) is 22.8 Å². The van der Waals surface area contributed by atoms with Crippen LogP contribution >= 0.6 is 11.3 Å². The first kappa shape index (κ1) is 25.9. The fraction of sp³-hybridized carbons (Fsp3) is 0.304. The van der Waals surface area contributed by atoms with Gasteiger partial charge in [0.15, 0.2) is 0 Å². The van der Waals surface area contributed by atoms with Crippen LogP contribution in [0.4, 0.5) is 13.2 Å². The van der Waals surface area contributed by atoms with Crippen molar-refractivity contribution in [1.82, 2.24) is 24.1 Å². The maximum atomic E-state index is 13.1. The van der Waals surface area contributed by atoms with E-state index in [1.165, 1.54) is 19.2 Å². The summed E-state index contributed by atoms with van der Waals surface area (Å²) in [5.74, 6) is 0.606. The summed E-state index contributed by atoms with van der Waals surface area (Å²) < 4.78 is 76.3. The van der Waals surface area contributed by atoms with Gasteiger partial charge < -0.3 is 4.74 Å². The van der Waals surface area contributed by atoms with Crippen LogP contribution < -0.4 is 9.46 Å². The third kappa shape index (κ3) is 5.32. The van der Waals surface area contributed by atoms with Crippen molar-refractivity contribution in [2.75, 3.05) is 0 Å². The average Bonchev–Trinajstić information content (AvgIpc) is 3.52. The van der Waals surface area contributed by atoms with Crippen molar-refractivity contribution in [2.45, 2.75) is 43.7 Å². The van der Waals surface area contributed by atoms with Crippen LogP contribution in [0.2, 0.25) is 0 Å². The molecule has 0 bridgehead atoms. The Morgan fingerprint density at radius 2 is 1.86 bits per heavy atom. The van der Waals surface area contributed by atoms with E-state index in [0.29, 0.717) is 28.9 Å². The number of imidazole rings is 1. The summed E-state index contributed by atoms with van der Waals surface area (Å²) in [4.78, 5) is 4.62. The fourth-order valence-corrected chi connectivity index (χ4v) is 6.13. The van der Waals surface area contributed by atoms with Gasteiger partial charge >= 0.3 is 12.2 Å². The lowest BCUT2D eigenvalue weighted by Crippen LogP contribution is -2.27. The van der Waals surface area contributed by atoms with Crippen LogP contribution in [0.5, 0.6) is 11.8 Å². The number of thiophene rings is 1. The standard InChI is InChI=1S/C23H24F3N5O3S2/c1-5-31-18(13-27-22(31)34-16-8-6-14(2)7-9-16)15(3)29-36(32,33)21-11-10-19(35-21)17-12-20(23(24,25)26)30(4)28-17/h6-13,15,29H,5H2,1-4H3. The van der Waals surface area contributed by atoms with Gasteiger partial charge in [-0.3, -0.25) is 9.25 Å². The summed E-state index contributed by atoms with van der Waals surface area (Å²) in [7, 11) is -2.79. The van der Waals surface area contributed by atoms with Gasteiger partial charge in [-0.25, -0.2) is 18.1 Å². The maximum absolute atomic E-state index is 13.1. The predicted molar refractivity (Wildman–Crippen MR) is 129 cm³/mol. The zero-order valence-electron chi connectivity index (χ0n) is 19.9.